The Morgan fingerprint density at radius 2 is 2.00 bits per heavy atom. The maximum Gasteiger partial charge on any atom is 0.417 e. The first-order valence-corrected chi connectivity index (χ1v) is 8.07. The number of aliphatic imine (C=N–C) groups is 1. The summed E-state index contributed by atoms with van der Waals surface area (Å²) in [5, 5.41) is 11.3. The Bertz CT molecular complexity index is 946. The lowest BCUT2D eigenvalue weighted by molar-refractivity contribution is -0.138. The quantitative estimate of drug-likeness (QED) is 0.746. The van der Waals surface area contributed by atoms with Gasteiger partial charge >= 0.3 is 12.1 Å². The fourth-order valence-corrected chi connectivity index (χ4v) is 3.15. The molecule has 2 N–H and O–H groups in total. The number of anilines is 1. The molecule has 2 heterocycles. The number of hydrogen-bond acceptors (Lipinski definition) is 4. The Hall–Kier alpha value is -2.68. The Balaban J connectivity index is 2.34. The fourth-order valence-electron chi connectivity index (χ4n) is 2.79. The van der Waals surface area contributed by atoms with Gasteiger partial charge in [0.25, 0.3) is 0 Å². The van der Waals surface area contributed by atoms with Crippen LogP contribution in [0.15, 0.2) is 35.5 Å². The van der Waals surface area contributed by atoms with Crippen LogP contribution in [0.5, 0.6) is 0 Å². The third kappa shape index (κ3) is 3.46. The monoisotopic (exact) mass is 401 g/mol. The second kappa shape index (κ2) is 6.80. The van der Waals surface area contributed by atoms with Crippen LogP contribution >= 0.6 is 11.6 Å². The van der Waals surface area contributed by atoms with Gasteiger partial charge in [0.15, 0.2) is 5.82 Å². The highest BCUT2D eigenvalue weighted by Crippen LogP contribution is 2.41. The lowest BCUT2D eigenvalue weighted by atomic mass is 10.0. The number of nitrogens with one attached hydrogen (secondary N) is 1. The predicted octanol–water partition coefficient (Wildman–Crippen LogP) is 4.00. The van der Waals surface area contributed by atoms with Crippen molar-refractivity contribution < 1.29 is 27.5 Å². The van der Waals surface area contributed by atoms with Gasteiger partial charge in [-0.3, -0.25) is 9.98 Å². The van der Waals surface area contributed by atoms with Gasteiger partial charge in [-0.05, 0) is 31.2 Å². The van der Waals surface area contributed by atoms with Gasteiger partial charge in [-0.2, -0.15) is 13.2 Å². The molecule has 3 rings (SSSR count). The number of benzodiazepines with no additional fused rings is 1. The van der Waals surface area contributed by atoms with Crippen molar-refractivity contribution in [2.24, 2.45) is 4.99 Å². The standard InChI is InChI=1S/C17H12ClF4N3O2/c1-7-13(16(26)27)25-10-5-4-8(17(20,21)22)12(18)11(10)15(24-7)14-9(19)3-2-6-23-14/h2-7,13,25H,1H3,(H,26,27)/t7-,13?/m0/s1. The van der Waals surface area contributed by atoms with E-state index >= 15 is 0 Å². The fraction of sp³-hybridized carbons (Fsp3) is 0.235. The van der Waals surface area contributed by atoms with E-state index in [4.69, 9.17) is 11.6 Å². The van der Waals surface area contributed by atoms with Crippen molar-refractivity contribution in [1.82, 2.24) is 4.98 Å². The number of halogens is 5. The molecule has 0 saturated carbocycles. The van der Waals surface area contributed by atoms with Gasteiger partial charge < -0.3 is 10.4 Å². The van der Waals surface area contributed by atoms with E-state index in [1.165, 1.54) is 19.2 Å². The van der Waals surface area contributed by atoms with E-state index in [0.717, 1.165) is 18.2 Å². The smallest absolute Gasteiger partial charge is 0.417 e. The topological polar surface area (TPSA) is 74.6 Å². The molecule has 5 nitrogen and oxygen atoms in total. The number of alkyl halides is 3. The van der Waals surface area contributed by atoms with Crippen LogP contribution in [-0.2, 0) is 11.0 Å². The molecule has 1 unspecified atom stereocenters. The van der Waals surface area contributed by atoms with Gasteiger partial charge in [-0.25, -0.2) is 9.18 Å². The summed E-state index contributed by atoms with van der Waals surface area (Å²) >= 11 is 6.02. The third-order valence-corrected chi connectivity index (χ3v) is 4.45. The van der Waals surface area contributed by atoms with Crippen LogP contribution in [0, 0.1) is 5.82 Å². The number of hydrogen-bond donors (Lipinski definition) is 2. The predicted molar refractivity (Wildman–Crippen MR) is 90.8 cm³/mol. The molecule has 0 aliphatic carbocycles. The maximum absolute atomic E-state index is 14.3. The number of carbonyl (C=O) groups is 1. The van der Waals surface area contributed by atoms with Gasteiger partial charge in [0.1, 0.15) is 11.7 Å². The van der Waals surface area contributed by atoms with E-state index in [1.807, 2.05) is 0 Å². The summed E-state index contributed by atoms with van der Waals surface area (Å²) in [5.74, 6) is -2.09. The zero-order valence-corrected chi connectivity index (χ0v) is 14.4. The second-order valence-electron chi connectivity index (χ2n) is 5.86. The lowest BCUT2D eigenvalue weighted by Gasteiger charge is -2.19. The molecule has 0 bridgehead atoms. The molecule has 0 saturated heterocycles. The molecular formula is C17H12ClF4N3O2. The minimum absolute atomic E-state index is 0.00597. The number of aliphatic carboxylic acids is 1. The molecule has 0 fully saturated rings. The van der Waals surface area contributed by atoms with Gasteiger partial charge in [0, 0.05) is 17.4 Å². The van der Waals surface area contributed by atoms with Crippen molar-refractivity contribution in [3.8, 4) is 0 Å². The van der Waals surface area contributed by atoms with Gasteiger partial charge in [0.05, 0.1) is 22.3 Å². The highest BCUT2D eigenvalue weighted by atomic mass is 35.5. The molecule has 0 amide bonds. The summed E-state index contributed by atoms with van der Waals surface area (Å²) in [6, 6.07) is 1.98. The van der Waals surface area contributed by atoms with Crippen molar-refractivity contribution in [1.29, 1.82) is 0 Å². The van der Waals surface area contributed by atoms with E-state index < -0.39 is 40.6 Å². The third-order valence-electron chi connectivity index (χ3n) is 4.06. The summed E-state index contributed by atoms with van der Waals surface area (Å²) in [6.07, 6.45) is -3.51. The first kappa shape index (κ1) is 19.1. The summed E-state index contributed by atoms with van der Waals surface area (Å²) in [4.78, 5) is 19.5. The zero-order chi connectivity index (χ0) is 19.9. The summed E-state index contributed by atoms with van der Waals surface area (Å²) < 4.78 is 54.2. The molecule has 142 valence electrons. The number of fused-ring (bicyclic) bond motifs is 1. The first-order valence-electron chi connectivity index (χ1n) is 7.69. The van der Waals surface area contributed by atoms with E-state index in [9.17, 15) is 27.5 Å². The summed E-state index contributed by atoms with van der Waals surface area (Å²) in [5.41, 5.74) is -1.97. The van der Waals surface area contributed by atoms with E-state index in [0.29, 0.717) is 0 Å². The molecule has 2 aromatic rings. The van der Waals surface area contributed by atoms with Crippen LogP contribution in [0.3, 0.4) is 0 Å². The minimum atomic E-state index is -4.76. The van der Waals surface area contributed by atoms with Crippen molar-refractivity contribution in [3.63, 3.8) is 0 Å². The Labute approximate surface area is 155 Å². The molecule has 27 heavy (non-hydrogen) atoms. The first-order chi connectivity index (χ1) is 12.6. The average Bonchev–Trinajstić information content (AvgIpc) is 2.71. The molecule has 1 aliphatic rings. The molecule has 1 aliphatic heterocycles. The van der Waals surface area contributed by atoms with Crippen molar-refractivity contribution in [2.45, 2.75) is 25.2 Å². The van der Waals surface area contributed by atoms with Crippen LogP contribution < -0.4 is 5.32 Å². The minimum Gasteiger partial charge on any atom is -0.480 e. The van der Waals surface area contributed by atoms with Gasteiger partial charge in [-0.15, -0.1) is 0 Å². The maximum atomic E-state index is 14.3. The molecule has 1 aromatic carbocycles. The SMILES string of the molecule is C[C@@H]1N=C(c2ncccc2F)c2c(ccc(C(F)(F)F)c2Cl)NC1C(=O)O. The Kier molecular flexibility index (Phi) is 4.81. The molecule has 0 radical (unpaired) electrons. The summed E-state index contributed by atoms with van der Waals surface area (Å²) in [6.45, 7) is 1.44. The van der Waals surface area contributed by atoms with Crippen LogP contribution in [0.1, 0.15) is 23.7 Å². The number of rotatable bonds is 2. The number of nitrogens with zero attached hydrogens (tertiary/aromatic N) is 2. The van der Waals surface area contributed by atoms with Crippen LogP contribution in [-0.4, -0.2) is 33.9 Å². The van der Waals surface area contributed by atoms with Crippen molar-refractivity contribution in [2.75, 3.05) is 5.32 Å². The molecule has 0 spiro atoms. The molecule has 10 heteroatoms. The highest BCUT2D eigenvalue weighted by Gasteiger charge is 2.38. The van der Waals surface area contributed by atoms with Gasteiger partial charge in [-0.1, -0.05) is 11.6 Å². The van der Waals surface area contributed by atoms with E-state index in [-0.39, 0.29) is 22.7 Å². The average molecular weight is 402 g/mol. The summed E-state index contributed by atoms with van der Waals surface area (Å²) in [7, 11) is 0. The molecule has 1 aromatic heterocycles. The number of benzene rings is 1. The van der Waals surface area contributed by atoms with E-state index in [1.54, 1.807) is 0 Å². The highest BCUT2D eigenvalue weighted by molar-refractivity contribution is 6.37. The Morgan fingerprint density at radius 1 is 1.30 bits per heavy atom. The van der Waals surface area contributed by atoms with Crippen molar-refractivity contribution >= 4 is 29.0 Å². The van der Waals surface area contributed by atoms with Gasteiger partial charge in [0.2, 0.25) is 0 Å². The molecular weight excluding hydrogens is 390 g/mol. The number of carboxylic acid groups (broad SMARTS) is 1. The van der Waals surface area contributed by atoms with Crippen molar-refractivity contribution in [3.05, 3.63) is 58.1 Å². The van der Waals surface area contributed by atoms with Crippen LogP contribution in [0.4, 0.5) is 23.2 Å². The Morgan fingerprint density at radius 3 is 2.59 bits per heavy atom. The van der Waals surface area contributed by atoms with Crippen LogP contribution in [0.25, 0.3) is 0 Å². The zero-order valence-electron chi connectivity index (χ0n) is 13.7. The lowest BCUT2D eigenvalue weighted by Crippen LogP contribution is -2.37. The number of carboxylic acids is 1. The largest absolute Gasteiger partial charge is 0.480 e. The molecule has 2 atom stereocenters. The van der Waals surface area contributed by atoms with Crippen LogP contribution in [0.2, 0.25) is 5.02 Å². The number of pyridine rings is 1. The second-order valence-corrected chi connectivity index (χ2v) is 6.24. The normalized spacial score (nSPS) is 19.6. The number of aromatic nitrogens is 1. The van der Waals surface area contributed by atoms with E-state index in [2.05, 4.69) is 15.3 Å².